The molecule has 0 amide bonds. The number of nitrogens with one attached hydrogen (secondary N) is 1. The maximum absolute atomic E-state index is 12.4. The number of rotatable bonds is 4. The Bertz CT molecular complexity index is 789. The third-order valence-electron chi connectivity index (χ3n) is 3.50. The van der Waals surface area contributed by atoms with E-state index >= 15 is 0 Å². The van der Waals surface area contributed by atoms with Crippen LogP contribution in [0.15, 0.2) is 15.8 Å². The number of aromatic nitrogens is 3. The molecule has 0 aromatic carbocycles. The van der Waals surface area contributed by atoms with E-state index in [-0.39, 0.29) is 5.56 Å². The van der Waals surface area contributed by atoms with Crippen molar-refractivity contribution in [2.75, 3.05) is 11.9 Å². The van der Waals surface area contributed by atoms with E-state index in [0.29, 0.717) is 29.7 Å². The summed E-state index contributed by atoms with van der Waals surface area (Å²) >= 11 is 0. The molecular formula is C14H20N4O3. The number of aliphatic hydroxyl groups is 1. The van der Waals surface area contributed by atoms with Crippen molar-refractivity contribution in [3.8, 4) is 0 Å². The summed E-state index contributed by atoms with van der Waals surface area (Å²) in [5.41, 5.74) is 1.06. The molecule has 2 aromatic heterocycles. The van der Waals surface area contributed by atoms with Gasteiger partial charge in [-0.1, -0.05) is 6.92 Å². The predicted molar refractivity (Wildman–Crippen MR) is 81.8 cm³/mol. The van der Waals surface area contributed by atoms with Crippen LogP contribution in [0, 0.1) is 0 Å². The molecule has 0 spiro atoms. The highest BCUT2D eigenvalue weighted by Gasteiger charge is 2.16. The first-order chi connectivity index (χ1) is 9.88. The number of fused-ring (bicyclic) bond motifs is 1. The van der Waals surface area contributed by atoms with Crippen LogP contribution < -0.4 is 16.6 Å². The number of anilines is 1. The lowest BCUT2D eigenvalue weighted by Crippen LogP contribution is -2.38. The van der Waals surface area contributed by atoms with E-state index in [1.807, 2.05) is 6.92 Å². The van der Waals surface area contributed by atoms with Gasteiger partial charge in [0.25, 0.3) is 5.56 Å². The second-order valence-electron chi connectivity index (χ2n) is 5.15. The molecule has 0 saturated heterocycles. The molecule has 0 unspecified atom stereocenters. The van der Waals surface area contributed by atoms with E-state index in [2.05, 4.69) is 10.3 Å². The number of nitrogens with zero attached hydrogens (tertiary/aromatic N) is 3. The Kier molecular flexibility index (Phi) is 4.13. The van der Waals surface area contributed by atoms with E-state index in [0.717, 1.165) is 10.1 Å². The minimum absolute atomic E-state index is 0.318. The van der Waals surface area contributed by atoms with Crippen LogP contribution in [0.3, 0.4) is 0 Å². The highest BCUT2D eigenvalue weighted by molar-refractivity contribution is 5.90. The molecule has 0 radical (unpaired) electrons. The summed E-state index contributed by atoms with van der Waals surface area (Å²) in [5.74, 6) is 0. The Balaban J connectivity index is 2.85. The zero-order chi connectivity index (χ0) is 15.7. The Morgan fingerprint density at radius 1 is 1.33 bits per heavy atom. The number of hydrogen-bond donors (Lipinski definition) is 2. The highest BCUT2D eigenvalue weighted by atomic mass is 16.3. The molecule has 7 nitrogen and oxygen atoms in total. The van der Waals surface area contributed by atoms with Gasteiger partial charge in [0.15, 0.2) is 5.65 Å². The van der Waals surface area contributed by atoms with Crippen LogP contribution in [-0.4, -0.2) is 31.9 Å². The Hall–Kier alpha value is -2.15. The maximum Gasteiger partial charge on any atom is 0.332 e. The Labute approximate surface area is 121 Å². The third kappa shape index (κ3) is 2.56. The van der Waals surface area contributed by atoms with Crippen LogP contribution in [0.4, 0.5) is 5.69 Å². The quantitative estimate of drug-likeness (QED) is 0.827. The van der Waals surface area contributed by atoms with E-state index in [4.69, 9.17) is 0 Å². The van der Waals surface area contributed by atoms with Crippen LogP contribution in [-0.2, 0) is 20.5 Å². The van der Waals surface area contributed by atoms with Crippen molar-refractivity contribution in [3.05, 3.63) is 32.6 Å². The van der Waals surface area contributed by atoms with Crippen molar-refractivity contribution in [2.24, 2.45) is 14.1 Å². The van der Waals surface area contributed by atoms with E-state index in [1.165, 1.54) is 11.6 Å². The zero-order valence-electron chi connectivity index (χ0n) is 12.7. The van der Waals surface area contributed by atoms with Gasteiger partial charge in [0.05, 0.1) is 11.8 Å². The fraction of sp³-hybridized carbons (Fsp3) is 0.500. The van der Waals surface area contributed by atoms with Crippen molar-refractivity contribution >= 4 is 16.7 Å². The molecule has 2 aromatic rings. The van der Waals surface area contributed by atoms with E-state index in [9.17, 15) is 14.7 Å². The third-order valence-corrected chi connectivity index (χ3v) is 3.50. The summed E-state index contributed by atoms with van der Waals surface area (Å²) < 4.78 is 2.42. The molecular weight excluding hydrogens is 272 g/mol. The molecule has 1 atom stereocenters. The van der Waals surface area contributed by atoms with Gasteiger partial charge >= 0.3 is 5.69 Å². The van der Waals surface area contributed by atoms with Crippen molar-refractivity contribution in [2.45, 2.75) is 26.4 Å². The molecule has 0 aliphatic rings. The first-order valence-corrected chi connectivity index (χ1v) is 6.88. The average molecular weight is 292 g/mol. The summed E-state index contributed by atoms with van der Waals surface area (Å²) in [6.45, 7) is 3.94. The highest BCUT2D eigenvalue weighted by Crippen LogP contribution is 2.22. The van der Waals surface area contributed by atoms with Gasteiger partial charge in [0.2, 0.25) is 0 Å². The zero-order valence-corrected chi connectivity index (χ0v) is 12.7. The van der Waals surface area contributed by atoms with E-state index < -0.39 is 11.8 Å². The van der Waals surface area contributed by atoms with Gasteiger partial charge in [-0.25, -0.2) is 9.78 Å². The average Bonchev–Trinajstić information content (AvgIpc) is 2.47. The lowest BCUT2D eigenvalue weighted by Gasteiger charge is -2.16. The fourth-order valence-corrected chi connectivity index (χ4v) is 2.29. The first-order valence-electron chi connectivity index (χ1n) is 6.88. The minimum atomic E-state index is -0.547. The number of aryl methyl sites for hydroxylation is 2. The van der Waals surface area contributed by atoms with Crippen molar-refractivity contribution < 1.29 is 5.11 Å². The second kappa shape index (κ2) is 5.69. The normalized spacial score (nSPS) is 12.6. The van der Waals surface area contributed by atoms with Gasteiger partial charge in [-0.2, -0.15) is 0 Å². The van der Waals surface area contributed by atoms with Crippen LogP contribution in [0.2, 0.25) is 0 Å². The topological polar surface area (TPSA) is 89.2 Å². The van der Waals surface area contributed by atoms with Crippen molar-refractivity contribution in [1.82, 2.24) is 14.1 Å². The SMILES string of the molecule is CCc1cnc2c(c1NC[C@H](C)O)c(=O)n(C)c(=O)n2C. The summed E-state index contributed by atoms with van der Waals surface area (Å²) in [7, 11) is 3.03. The molecule has 2 heterocycles. The summed E-state index contributed by atoms with van der Waals surface area (Å²) in [6.07, 6.45) is 1.80. The summed E-state index contributed by atoms with van der Waals surface area (Å²) in [5, 5.41) is 12.9. The smallest absolute Gasteiger partial charge is 0.332 e. The van der Waals surface area contributed by atoms with Gasteiger partial charge in [0.1, 0.15) is 5.39 Å². The van der Waals surface area contributed by atoms with E-state index in [1.54, 1.807) is 20.2 Å². The fourth-order valence-electron chi connectivity index (χ4n) is 2.29. The molecule has 0 saturated carbocycles. The lowest BCUT2D eigenvalue weighted by molar-refractivity contribution is 0.208. The molecule has 0 aliphatic carbocycles. The molecule has 21 heavy (non-hydrogen) atoms. The van der Waals surface area contributed by atoms with Gasteiger partial charge in [0, 0.05) is 26.8 Å². The van der Waals surface area contributed by atoms with Crippen LogP contribution in [0.25, 0.3) is 11.0 Å². The minimum Gasteiger partial charge on any atom is -0.392 e. The monoisotopic (exact) mass is 292 g/mol. The number of aliphatic hydroxyl groups excluding tert-OH is 1. The Morgan fingerprint density at radius 3 is 2.57 bits per heavy atom. The molecule has 2 N–H and O–H groups in total. The Morgan fingerprint density at radius 2 is 2.00 bits per heavy atom. The van der Waals surface area contributed by atoms with Crippen molar-refractivity contribution in [3.63, 3.8) is 0 Å². The molecule has 0 bridgehead atoms. The first kappa shape index (κ1) is 15.2. The summed E-state index contributed by atoms with van der Waals surface area (Å²) in [4.78, 5) is 28.7. The lowest BCUT2D eigenvalue weighted by atomic mass is 10.1. The van der Waals surface area contributed by atoms with Gasteiger partial charge in [-0.3, -0.25) is 13.9 Å². The molecule has 114 valence electrons. The molecule has 7 heteroatoms. The number of pyridine rings is 1. The predicted octanol–water partition coefficient (Wildman–Crippen LogP) is -0.0127. The van der Waals surface area contributed by atoms with Crippen molar-refractivity contribution in [1.29, 1.82) is 0 Å². The summed E-state index contributed by atoms with van der Waals surface area (Å²) in [6, 6.07) is 0. The van der Waals surface area contributed by atoms with Gasteiger partial charge < -0.3 is 10.4 Å². The standard InChI is InChI=1S/C14H20N4O3/c1-5-9-7-16-12-10(11(9)15-6-8(2)19)13(20)18(4)14(21)17(12)3/h7-8,19H,5-6H2,1-4H3,(H,15,16)/t8-/m0/s1. The number of hydrogen-bond acceptors (Lipinski definition) is 5. The van der Waals surface area contributed by atoms with Gasteiger partial charge in [-0.05, 0) is 18.9 Å². The van der Waals surface area contributed by atoms with Crippen LogP contribution in [0.1, 0.15) is 19.4 Å². The van der Waals surface area contributed by atoms with Crippen LogP contribution in [0.5, 0.6) is 0 Å². The molecule has 2 rings (SSSR count). The second-order valence-corrected chi connectivity index (χ2v) is 5.15. The maximum atomic E-state index is 12.4. The molecule has 0 fully saturated rings. The largest absolute Gasteiger partial charge is 0.392 e. The van der Waals surface area contributed by atoms with Crippen LogP contribution >= 0.6 is 0 Å². The van der Waals surface area contributed by atoms with Gasteiger partial charge in [-0.15, -0.1) is 0 Å². The molecule has 0 aliphatic heterocycles.